The molecule has 1 aromatic carbocycles. The number of benzene rings is 1. The number of hydrogen-bond acceptors (Lipinski definition) is 3. The zero-order valence-corrected chi connectivity index (χ0v) is 15.3. The number of aromatic nitrogens is 1. The standard InChI is InChI=1S/C20H23ClN4O/c21-15-3-1-13(2-4-15)18(20(23)26)19(14-9-11-24-12-10-14)25-17-7-5-16(22)6-8-17/h1-4,9-12,16-17,25H,5-8,22H2,(H2,23,26)/p+1/b19-18-. The molecule has 0 spiro atoms. The van der Waals surface area contributed by atoms with Crippen molar-refractivity contribution < 1.29 is 10.1 Å². The highest BCUT2D eigenvalue weighted by Gasteiger charge is 2.27. The van der Waals surface area contributed by atoms with Crippen LogP contribution in [0.1, 0.15) is 36.8 Å². The van der Waals surface area contributed by atoms with Crippen LogP contribution in [0.3, 0.4) is 0 Å². The molecule has 1 fully saturated rings. The minimum atomic E-state index is -0.456. The van der Waals surface area contributed by atoms with Crippen LogP contribution in [0.4, 0.5) is 0 Å². The second-order valence-electron chi connectivity index (χ2n) is 6.74. The number of rotatable bonds is 5. The fraction of sp³-hybridized carbons (Fsp3) is 0.300. The Morgan fingerprint density at radius 2 is 1.62 bits per heavy atom. The van der Waals surface area contributed by atoms with E-state index in [0.717, 1.165) is 42.5 Å². The summed E-state index contributed by atoms with van der Waals surface area (Å²) in [4.78, 5) is 16.5. The van der Waals surface area contributed by atoms with Crippen LogP contribution in [0.15, 0.2) is 48.8 Å². The number of nitrogens with zero attached hydrogens (tertiary/aromatic N) is 1. The number of nitrogens with two attached hydrogens (primary N) is 3. The van der Waals surface area contributed by atoms with Crippen LogP contribution >= 0.6 is 11.6 Å². The van der Waals surface area contributed by atoms with Gasteiger partial charge in [-0.3, -0.25) is 9.78 Å². The van der Waals surface area contributed by atoms with Crippen LogP contribution in [-0.4, -0.2) is 23.0 Å². The summed E-state index contributed by atoms with van der Waals surface area (Å²) in [6.45, 7) is 0. The smallest absolute Gasteiger partial charge is 0.255 e. The number of carbonyl (C=O) groups excluding carboxylic acids is 1. The molecule has 3 rings (SSSR count). The normalized spacial score (nSPS) is 21.2. The molecular weight excluding hydrogens is 348 g/mol. The van der Waals surface area contributed by atoms with E-state index in [1.54, 1.807) is 24.5 Å². The molecule has 1 amide bonds. The van der Waals surface area contributed by atoms with Gasteiger partial charge in [-0.15, -0.1) is 0 Å². The van der Waals surface area contributed by atoms with Crippen molar-refractivity contribution in [3.63, 3.8) is 0 Å². The van der Waals surface area contributed by atoms with E-state index in [4.69, 9.17) is 23.1 Å². The third kappa shape index (κ3) is 4.49. The molecule has 0 radical (unpaired) electrons. The Labute approximate surface area is 158 Å². The topological polar surface area (TPSA) is 98.6 Å². The summed E-state index contributed by atoms with van der Waals surface area (Å²) in [6.07, 6.45) is 7.47. The summed E-state index contributed by atoms with van der Waals surface area (Å²) in [6, 6.07) is 11.6. The van der Waals surface area contributed by atoms with E-state index in [1.165, 1.54) is 0 Å². The van der Waals surface area contributed by atoms with Crippen LogP contribution in [0.2, 0.25) is 5.02 Å². The van der Waals surface area contributed by atoms with Gasteiger partial charge in [0.2, 0.25) is 0 Å². The van der Waals surface area contributed by atoms with Gasteiger partial charge in [0.15, 0.2) is 5.70 Å². The molecule has 5 nitrogen and oxygen atoms in total. The summed E-state index contributed by atoms with van der Waals surface area (Å²) < 4.78 is 0. The van der Waals surface area contributed by atoms with E-state index < -0.39 is 5.91 Å². The molecule has 0 aliphatic heterocycles. The molecule has 0 bridgehead atoms. The number of quaternary nitrogens is 1. The predicted molar refractivity (Wildman–Crippen MR) is 104 cm³/mol. The predicted octanol–water partition coefficient (Wildman–Crippen LogP) is 1.92. The average Bonchev–Trinajstić information content (AvgIpc) is 2.65. The van der Waals surface area contributed by atoms with Crippen molar-refractivity contribution in [3.05, 3.63) is 64.9 Å². The summed E-state index contributed by atoms with van der Waals surface area (Å²) in [7, 11) is 0. The van der Waals surface area contributed by atoms with E-state index in [-0.39, 0.29) is 6.04 Å². The average molecular weight is 372 g/mol. The Kier molecular flexibility index (Phi) is 6.04. The lowest BCUT2D eigenvalue weighted by Gasteiger charge is -2.26. The Hall–Kier alpha value is -2.21. The van der Waals surface area contributed by atoms with Gasteiger partial charge in [-0.05, 0) is 42.7 Å². The summed E-state index contributed by atoms with van der Waals surface area (Å²) in [5, 5.41) is 2.80. The highest BCUT2D eigenvalue weighted by Crippen LogP contribution is 2.24. The SMILES string of the molecule is NC(=O)/C(=C(\[NH2+]C1CCC(N)CC1)c1ccncc1)c1ccc(Cl)cc1. The molecule has 6 N–H and O–H groups in total. The first kappa shape index (κ1) is 18.6. The lowest BCUT2D eigenvalue weighted by Crippen LogP contribution is -2.88. The number of primary amides is 1. The zero-order chi connectivity index (χ0) is 18.5. The summed E-state index contributed by atoms with van der Waals surface area (Å²) in [5.41, 5.74) is 14.9. The van der Waals surface area contributed by atoms with Crippen LogP contribution in [0, 0.1) is 0 Å². The monoisotopic (exact) mass is 371 g/mol. The molecular formula is C20H24ClN4O+. The van der Waals surface area contributed by atoms with Gasteiger partial charge in [-0.2, -0.15) is 0 Å². The lowest BCUT2D eigenvalue weighted by atomic mass is 9.90. The number of pyridine rings is 1. The number of hydrogen-bond donors (Lipinski definition) is 3. The third-order valence-electron chi connectivity index (χ3n) is 4.86. The van der Waals surface area contributed by atoms with Gasteiger partial charge in [-0.25, -0.2) is 0 Å². The highest BCUT2D eigenvalue weighted by molar-refractivity contribution is 6.31. The molecule has 0 atom stereocenters. The number of halogens is 1. The molecule has 6 heteroatoms. The van der Waals surface area contributed by atoms with Crippen LogP contribution in [0.25, 0.3) is 11.3 Å². The molecule has 1 aliphatic carbocycles. The molecule has 26 heavy (non-hydrogen) atoms. The van der Waals surface area contributed by atoms with E-state index in [9.17, 15) is 4.79 Å². The van der Waals surface area contributed by atoms with Crippen molar-refractivity contribution in [1.29, 1.82) is 0 Å². The van der Waals surface area contributed by atoms with E-state index >= 15 is 0 Å². The van der Waals surface area contributed by atoms with E-state index in [1.807, 2.05) is 24.3 Å². The molecule has 0 saturated heterocycles. The maximum atomic E-state index is 12.4. The van der Waals surface area contributed by atoms with Gasteiger partial charge < -0.3 is 16.8 Å². The number of carbonyl (C=O) groups is 1. The second-order valence-corrected chi connectivity index (χ2v) is 7.17. The lowest BCUT2D eigenvalue weighted by molar-refractivity contribution is -0.605. The van der Waals surface area contributed by atoms with Crippen LogP contribution in [0.5, 0.6) is 0 Å². The van der Waals surface area contributed by atoms with Crippen LogP contribution < -0.4 is 16.8 Å². The minimum Gasteiger partial charge on any atom is -0.365 e. The Morgan fingerprint density at radius 1 is 1.00 bits per heavy atom. The van der Waals surface area contributed by atoms with Crippen molar-refractivity contribution in [2.24, 2.45) is 11.5 Å². The Morgan fingerprint density at radius 3 is 2.19 bits per heavy atom. The minimum absolute atomic E-state index is 0.278. The Bertz CT molecular complexity index is 781. The summed E-state index contributed by atoms with van der Waals surface area (Å²) >= 11 is 6.00. The zero-order valence-electron chi connectivity index (χ0n) is 14.6. The molecule has 1 saturated carbocycles. The molecule has 1 aromatic heterocycles. The largest absolute Gasteiger partial charge is 0.365 e. The highest BCUT2D eigenvalue weighted by atomic mass is 35.5. The van der Waals surface area contributed by atoms with Crippen molar-refractivity contribution in [2.75, 3.05) is 0 Å². The van der Waals surface area contributed by atoms with Crippen molar-refractivity contribution in [2.45, 2.75) is 37.8 Å². The maximum Gasteiger partial charge on any atom is 0.255 e. The fourth-order valence-corrected chi connectivity index (χ4v) is 3.58. The molecule has 0 unspecified atom stereocenters. The van der Waals surface area contributed by atoms with Gasteiger partial charge in [0.05, 0.1) is 6.04 Å². The van der Waals surface area contributed by atoms with Gasteiger partial charge >= 0.3 is 0 Å². The van der Waals surface area contributed by atoms with Gasteiger partial charge in [0.1, 0.15) is 5.57 Å². The third-order valence-corrected chi connectivity index (χ3v) is 5.11. The first-order chi connectivity index (χ1) is 12.5. The second kappa shape index (κ2) is 8.45. The first-order valence-corrected chi connectivity index (χ1v) is 9.23. The maximum absolute atomic E-state index is 12.4. The van der Waals surface area contributed by atoms with E-state index in [0.29, 0.717) is 16.6 Å². The van der Waals surface area contributed by atoms with Crippen molar-refractivity contribution >= 4 is 28.8 Å². The molecule has 1 heterocycles. The van der Waals surface area contributed by atoms with Crippen LogP contribution in [-0.2, 0) is 4.79 Å². The molecule has 1 aliphatic rings. The van der Waals surface area contributed by atoms with Gasteiger partial charge in [0.25, 0.3) is 5.91 Å². The van der Waals surface area contributed by atoms with E-state index in [2.05, 4.69) is 10.3 Å². The summed E-state index contributed by atoms with van der Waals surface area (Å²) in [5.74, 6) is -0.456. The van der Waals surface area contributed by atoms with Crippen molar-refractivity contribution in [1.82, 2.24) is 4.98 Å². The molecule has 136 valence electrons. The first-order valence-electron chi connectivity index (χ1n) is 8.85. The Balaban J connectivity index is 2.05. The van der Waals surface area contributed by atoms with Crippen molar-refractivity contribution in [3.8, 4) is 0 Å². The van der Waals surface area contributed by atoms with Gasteiger partial charge in [0, 0.05) is 41.9 Å². The quantitative estimate of drug-likeness (QED) is 0.700. The number of amides is 1. The fourth-order valence-electron chi connectivity index (χ4n) is 3.45. The molecule has 2 aromatic rings. The van der Waals surface area contributed by atoms with Gasteiger partial charge in [-0.1, -0.05) is 23.7 Å².